The van der Waals surface area contributed by atoms with Crippen molar-refractivity contribution in [1.82, 2.24) is 35.0 Å². The van der Waals surface area contributed by atoms with Crippen molar-refractivity contribution in [2.45, 2.75) is 32.2 Å². The Morgan fingerprint density at radius 3 is 2.86 bits per heavy atom. The molecule has 8 heteroatoms. The van der Waals surface area contributed by atoms with Gasteiger partial charge in [-0.25, -0.2) is 15.0 Å². The Labute approximate surface area is 168 Å². The monoisotopic (exact) mass is 388 g/mol. The van der Waals surface area contributed by atoms with Crippen molar-refractivity contribution < 1.29 is 0 Å². The largest absolute Gasteiger partial charge is 0.382 e. The molecule has 4 aromatic rings. The third-order valence-corrected chi connectivity index (χ3v) is 5.58. The average Bonchev–Trinajstić information content (AvgIpc) is 3.42. The molecule has 29 heavy (non-hydrogen) atoms. The molecule has 0 bridgehead atoms. The van der Waals surface area contributed by atoms with Crippen molar-refractivity contribution in [2.24, 2.45) is 0 Å². The highest BCUT2D eigenvalue weighted by molar-refractivity contribution is 5.83. The maximum Gasteiger partial charge on any atom is 0.161 e. The predicted molar refractivity (Wildman–Crippen MR) is 113 cm³/mol. The lowest BCUT2D eigenvalue weighted by atomic mass is 10.1. The molecule has 3 aromatic heterocycles. The van der Waals surface area contributed by atoms with E-state index in [0.29, 0.717) is 23.4 Å². The molecule has 4 N–H and O–H groups in total. The normalized spacial score (nSPS) is 15.2. The number of aromatic nitrogens is 6. The molecule has 0 spiro atoms. The lowest BCUT2D eigenvalue weighted by molar-refractivity contribution is 0.343. The molecule has 5 rings (SSSR count). The summed E-state index contributed by atoms with van der Waals surface area (Å²) in [5.41, 5.74) is 11.5. The second kappa shape index (κ2) is 7.29. The summed E-state index contributed by atoms with van der Waals surface area (Å²) in [6.07, 6.45) is 8.67. The minimum atomic E-state index is 0.358. The number of anilines is 1. The maximum atomic E-state index is 6.15. The van der Waals surface area contributed by atoms with Crippen LogP contribution in [0.1, 0.15) is 31.4 Å². The van der Waals surface area contributed by atoms with E-state index in [1.807, 2.05) is 29.2 Å². The first-order valence-electron chi connectivity index (χ1n) is 10.1. The molecule has 1 aliphatic rings. The van der Waals surface area contributed by atoms with Crippen LogP contribution < -0.4 is 11.1 Å². The zero-order chi connectivity index (χ0) is 19.8. The third kappa shape index (κ3) is 3.25. The van der Waals surface area contributed by atoms with Gasteiger partial charge in [0.1, 0.15) is 5.69 Å². The molecule has 8 nitrogen and oxygen atoms in total. The number of imidazole rings is 1. The number of piperidine rings is 1. The Balaban J connectivity index is 1.52. The molecule has 0 amide bonds. The number of nitrogens with one attached hydrogen (secondary N) is 2. The van der Waals surface area contributed by atoms with Gasteiger partial charge in [0.05, 0.1) is 35.2 Å². The first-order valence-corrected chi connectivity index (χ1v) is 10.1. The van der Waals surface area contributed by atoms with Gasteiger partial charge < -0.3 is 16.0 Å². The van der Waals surface area contributed by atoms with Crippen LogP contribution in [-0.4, -0.2) is 42.8 Å². The van der Waals surface area contributed by atoms with Crippen molar-refractivity contribution in [1.29, 1.82) is 0 Å². The Bertz CT molecular complexity index is 1150. The number of H-pyrrole nitrogens is 1. The number of aryl methyl sites for hydroxylation is 1. The van der Waals surface area contributed by atoms with Crippen molar-refractivity contribution in [3.05, 3.63) is 42.4 Å². The van der Waals surface area contributed by atoms with Crippen LogP contribution in [0, 0.1) is 0 Å². The smallest absolute Gasteiger partial charge is 0.161 e. The van der Waals surface area contributed by atoms with E-state index in [9.17, 15) is 0 Å². The third-order valence-electron chi connectivity index (χ3n) is 5.58. The zero-order valence-corrected chi connectivity index (χ0v) is 16.4. The molecule has 0 atom stereocenters. The quantitative estimate of drug-likeness (QED) is 0.496. The Hall–Kier alpha value is -3.26. The molecule has 148 valence electrons. The Morgan fingerprint density at radius 2 is 2.03 bits per heavy atom. The molecule has 0 radical (unpaired) electrons. The van der Waals surface area contributed by atoms with Crippen molar-refractivity contribution in [2.75, 3.05) is 18.8 Å². The molecule has 4 heterocycles. The number of rotatable bonds is 4. The molecule has 1 aromatic carbocycles. The summed E-state index contributed by atoms with van der Waals surface area (Å²) in [4.78, 5) is 17.3. The predicted octanol–water partition coefficient (Wildman–Crippen LogP) is 2.95. The number of hydrogen-bond donors (Lipinski definition) is 3. The van der Waals surface area contributed by atoms with E-state index in [1.54, 1.807) is 6.20 Å². The highest BCUT2D eigenvalue weighted by Crippen LogP contribution is 2.28. The van der Waals surface area contributed by atoms with Crippen LogP contribution in [0.25, 0.3) is 33.8 Å². The summed E-state index contributed by atoms with van der Waals surface area (Å²) in [7, 11) is 0. The van der Waals surface area contributed by atoms with E-state index >= 15 is 0 Å². The van der Waals surface area contributed by atoms with Crippen LogP contribution in [0.15, 0.2) is 36.8 Å². The second-order valence-corrected chi connectivity index (χ2v) is 7.43. The molecule has 1 saturated heterocycles. The molecule has 0 unspecified atom stereocenters. The van der Waals surface area contributed by atoms with Gasteiger partial charge >= 0.3 is 0 Å². The van der Waals surface area contributed by atoms with E-state index in [4.69, 9.17) is 15.7 Å². The van der Waals surface area contributed by atoms with Crippen LogP contribution in [0.3, 0.4) is 0 Å². The topological polar surface area (TPSA) is 110 Å². The number of nitrogen functional groups attached to an aromatic ring is 1. The molecular formula is C21H24N8. The van der Waals surface area contributed by atoms with Crippen LogP contribution >= 0.6 is 0 Å². The summed E-state index contributed by atoms with van der Waals surface area (Å²) in [5, 5.41) is 7.95. The number of aromatic amines is 1. The fourth-order valence-electron chi connectivity index (χ4n) is 3.94. The van der Waals surface area contributed by atoms with Gasteiger partial charge in [0.15, 0.2) is 11.6 Å². The number of nitrogens with two attached hydrogens (primary N) is 1. The van der Waals surface area contributed by atoms with Gasteiger partial charge in [0, 0.05) is 11.8 Å². The van der Waals surface area contributed by atoms with Crippen molar-refractivity contribution in [3.63, 3.8) is 0 Å². The van der Waals surface area contributed by atoms with Gasteiger partial charge in [-0.3, -0.25) is 4.68 Å². The van der Waals surface area contributed by atoms with Crippen molar-refractivity contribution in [3.8, 4) is 22.8 Å². The number of para-hydroxylation sites is 1. The minimum absolute atomic E-state index is 0.358. The fraction of sp³-hybridized carbons (Fsp3) is 0.333. The Morgan fingerprint density at radius 1 is 1.17 bits per heavy atom. The van der Waals surface area contributed by atoms with Crippen LogP contribution in [0.5, 0.6) is 0 Å². The maximum absolute atomic E-state index is 6.15. The number of benzene rings is 1. The summed E-state index contributed by atoms with van der Waals surface area (Å²) >= 11 is 0. The zero-order valence-electron chi connectivity index (χ0n) is 16.4. The fourth-order valence-corrected chi connectivity index (χ4v) is 3.94. The van der Waals surface area contributed by atoms with Crippen LogP contribution in [0.2, 0.25) is 0 Å². The second-order valence-electron chi connectivity index (χ2n) is 7.43. The Kier molecular flexibility index (Phi) is 4.48. The lowest BCUT2D eigenvalue weighted by Crippen LogP contribution is -2.29. The summed E-state index contributed by atoms with van der Waals surface area (Å²) in [6.45, 7) is 4.17. The van der Waals surface area contributed by atoms with Gasteiger partial charge in [-0.05, 0) is 44.0 Å². The lowest BCUT2D eigenvalue weighted by Gasteiger charge is -2.22. The molecule has 1 fully saturated rings. The molecule has 0 aliphatic carbocycles. The first kappa shape index (κ1) is 17.8. The molecule has 0 saturated carbocycles. The van der Waals surface area contributed by atoms with E-state index in [2.05, 4.69) is 33.4 Å². The first-order chi connectivity index (χ1) is 14.2. The summed E-state index contributed by atoms with van der Waals surface area (Å²) < 4.78 is 2.04. The van der Waals surface area contributed by atoms with E-state index in [1.165, 1.54) is 5.56 Å². The highest BCUT2D eigenvalue weighted by atomic mass is 15.3. The summed E-state index contributed by atoms with van der Waals surface area (Å²) in [6, 6.07) is 6.56. The van der Waals surface area contributed by atoms with Gasteiger partial charge in [-0.2, -0.15) is 5.10 Å². The standard InChI is InChI=1S/C21H24N8/c1-2-13-4-3-5-16-18(13)28-21(27-16)19-20(22)24-11-17(26-19)14-10-25-29(12-14)15-6-8-23-9-7-15/h3-5,10-12,15,23H,2,6-9H2,1H3,(H2,22,24)(H,27,28). The van der Waals surface area contributed by atoms with Crippen molar-refractivity contribution >= 4 is 16.9 Å². The number of nitrogens with zero attached hydrogens (tertiary/aromatic N) is 5. The SMILES string of the molecule is CCc1cccc2[nH]c(-c3nc(-c4cnn(C5CCNCC5)c4)cnc3N)nc12. The van der Waals surface area contributed by atoms with E-state index < -0.39 is 0 Å². The van der Waals surface area contributed by atoms with Crippen LogP contribution in [0.4, 0.5) is 5.82 Å². The average molecular weight is 388 g/mol. The minimum Gasteiger partial charge on any atom is -0.382 e. The number of hydrogen-bond acceptors (Lipinski definition) is 6. The van der Waals surface area contributed by atoms with E-state index in [-0.39, 0.29) is 0 Å². The van der Waals surface area contributed by atoms with Gasteiger partial charge in [0.25, 0.3) is 0 Å². The molecular weight excluding hydrogens is 364 g/mol. The van der Waals surface area contributed by atoms with Gasteiger partial charge in [0.2, 0.25) is 0 Å². The molecule has 1 aliphatic heterocycles. The van der Waals surface area contributed by atoms with E-state index in [0.717, 1.165) is 54.6 Å². The highest BCUT2D eigenvalue weighted by Gasteiger charge is 2.18. The summed E-state index contributed by atoms with van der Waals surface area (Å²) in [5.74, 6) is 0.995. The number of fused-ring (bicyclic) bond motifs is 1. The van der Waals surface area contributed by atoms with Gasteiger partial charge in [-0.15, -0.1) is 0 Å². The van der Waals surface area contributed by atoms with Gasteiger partial charge in [-0.1, -0.05) is 19.1 Å². The van der Waals surface area contributed by atoms with Crippen LogP contribution in [-0.2, 0) is 6.42 Å².